The molecule has 2 aliphatic rings. The Morgan fingerprint density at radius 2 is 1.50 bits per heavy atom. The summed E-state index contributed by atoms with van der Waals surface area (Å²) in [5.74, 6) is 0.496. The zero-order chi connectivity index (χ0) is 35.7. The highest BCUT2D eigenvalue weighted by Crippen LogP contribution is 2.45. The van der Waals surface area contributed by atoms with E-state index in [0.29, 0.717) is 11.4 Å². The predicted octanol–water partition coefficient (Wildman–Crippen LogP) is 9.05. The Morgan fingerprint density at radius 3 is 2.19 bits per heavy atom. The van der Waals surface area contributed by atoms with Gasteiger partial charge in [0.2, 0.25) is 5.71 Å². The Bertz CT molecular complexity index is 2500. The van der Waals surface area contributed by atoms with Gasteiger partial charge in [-0.3, -0.25) is 0 Å². The van der Waals surface area contributed by atoms with Gasteiger partial charge in [-0.2, -0.15) is 0 Å². The van der Waals surface area contributed by atoms with Gasteiger partial charge in [0.25, 0.3) is 0 Å². The smallest absolute Gasteiger partial charge is 0.230 e. The monoisotopic (exact) mass is 555 g/mol. The minimum atomic E-state index is -0.461. The number of para-hydroxylation sites is 2. The van der Waals surface area contributed by atoms with Crippen LogP contribution in [0.1, 0.15) is 59.9 Å². The van der Waals surface area contributed by atoms with Crippen molar-refractivity contribution in [2.45, 2.75) is 45.1 Å². The van der Waals surface area contributed by atoms with Gasteiger partial charge in [0.1, 0.15) is 12.8 Å². The second-order valence-electron chi connectivity index (χ2n) is 12.3. The van der Waals surface area contributed by atoms with E-state index < -0.39 is 24.2 Å². The van der Waals surface area contributed by atoms with E-state index in [1.807, 2.05) is 19.2 Å². The van der Waals surface area contributed by atoms with Crippen molar-refractivity contribution in [2.24, 2.45) is 0 Å². The van der Waals surface area contributed by atoms with Crippen LogP contribution in [-0.2, 0) is 5.41 Å². The van der Waals surface area contributed by atoms with Crippen molar-refractivity contribution >= 4 is 38.3 Å². The highest BCUT2D eigenvalue weighted by Gasteiger charge is 2.44. The van der Waals surface area contributed by atoms with E-state index in [4.69, 9.17) is 15.7 Å². The fraction of sp³-hybridized carbons (Fsp3) is 0.205. The first-order valence-electron chi connectivity index (χ1n) is 18.3. The third-order valence-corrected chi connectivity index (χ3v) is 8.79. The molecule has 0 amide bonds. The number of fused-ring (bicyclic) bond motifs is 7. The largest absolute Gasteiger partial charge is 0.478 e. The average molecular weight is 556 g/mol. The maximum atomic E-state index is 8.91. The summed E-state index contributed by atoms with van der Waals surface area (Å²) in [7, 11) is 2.03. The van der Waals surface area contributed by atoms with Crippen LogP contribution >= 0.6 is 0 Å². The van der Waals surface area contributed by atoms with Gasteiger partial charge in [-0.15, -0.1) is 0 Å². The summed E-state index contributed by atoms with van der Waals surface area (Å²) in [5, 5.41) is 2.54. The van der Waals surface area contributed by atoms with Crippen molar-refractivity contribution in [2.75, 3.05) is 7.05 Å². The third kappa shape index (κ3) is 3.56. The van der Waals surface area contributed by atoms with E-state index >= 15 is 0 Å². The first-order chi connectivity index (χ1) is 23.6. The molecule has 42 heavy (non-hydrogen) atoms. The molecule has 0 spiro atoms. The Kier molecular flexibility index (Phi) is 3.83. The maximum Gasteiger partial charge on any atom is 0.230 e. The molecule has 6 aromatic rings. The van der Waals surface area contributed by atoms with Crippen molar-refractivity contribution in [1.82, 2.24) is 4.57 Å². The molecule has 0 fully saturated rings. The predicted molar refractivity (Wildman–Crippen MR) is 175 cm³/mol. The van der Waals surface area contributed by atoms with Gasteiger partial charge in [-0.05, 0) is 76.7 Å². The first kappa shape index (κ1) is 18.0. The Balaban J connectivity index is 1.35. The Morgan fingerprint density at radius 1 is 0.833 bits per heavy atom. The second kappa shape index (κ2) is 8.93. The molecular weight excluding hydrogens is 512 g/mol. The van der Waals surface area contributed by atoms with Gasteiger partial charge in [-0.1, -0.05) is 81.3 Å². The van der Waals surface area contributed by atoms with Crippen LogP contribution in [-0.4, -0.2) is 28.0 Å². The lowest BCUT2D eigenvalue weighted by molar-refractivity contribution is -0.427. The average Bonchev–Trinajstić information content (AvgIpc) is 3.64. The first-order valence-corrected chi connectivity index (χ1v) is 14.3. The molecule has 3 heterocycles. The quantitative estimate of drug-likeness (QED) is 0.195. The molecule has 2 atom stereocenters. The van der Waals surface area contributed by atoms with E-state index in [0.717, 1.165) is 16.8 Å². The van der Waals surface area contributed by atoms with Crippen molar-refractivity contribution < 1.29 is 20.3 Å². The fourth-order valence-corrected chi connectivity index (χ4v) is 6.78. The molecule has 206 valence electrons. The number of hydrogen-bond acceptors (Lipinski definition) is 1. The molecule has 5 aromatic carbocycles. The molecule has 0 radical (unpaired) electrons. The van der Waals surface area contributed by atoms with E-state index in [1.54, 1.807) is 10.6 Å². The normalized spacial score (nSPS) is 20.8. The van der Waals surface area contributed by atoms with Crippen LogP contribution in [0.15, 0.2) is 109 Å². The topological polar surface area (TPSA) is 17.2 Å². The van der Waals surface area contributed by atoms with E-state index in [9.17, 15) is 0 Å². The highest BCUT2D eigenvalue weighted by atomic mass is 16.5. The number of rotatable bonds is 2. The lowest BCUT2D eigenvalue weighted by Gasteiger charge is -2.26. The zero-order valence-electron chi connectivity index (χ0n) is 32.2. The molecule has 0 aliphatic carbocycles. The molecule has 0 bridgehead atoms. The van der Waals surface area contributed by atoms with Crippen LogP contribution in [0.2, 0.25) is 0 Å². The number of aromatic nitrogens is 1. The highest BCUT2D eigenvalue weighted by molar-refractivity contribution is 6.10. The number of hydrogen-bond donors (Lipinski definition) is 0. The van der Waals surface area contributed by atoms with E-state index in [2.05, 4.69) is 74.9 Å². The number of aryl methyl sites for hydroxylation is 1. The lowest BCUT2D eigenvalue weighted by Crippen LogP contribution is -2.38. The van der Waals surface area contributed by atoms with Crippen LogP contribution in [0, 0.1) is 6.92 Å². The van der Waals surface area contributed by atoms with Crippen molar-refractivity contribution in [3.8, 4) is 11.4 Å². The minimum Gasteiger partial charge on any atom is -0.478 e. The van der Waals surface area contributed by atoms with Crippen molar-refractivity contribution in [3.63, 3.8) is 0 Å². The zero-order valence-corrected chi connectivity index (χ0v) is 24.2. The number of nitrogens with zero attached hydrogens (tertiary/aromatic N) is 2. The van der Waals surface area contributed by atoms with Gasteiger partial charge in [0.15, 0.2) is 12.3 Å². The summed E-state index contributed by atoms with van der Waals surface area (Å²) in [5.41, 5.74) is 6.03. The molecule has 8 rings (SSSR count). The van der Waals surface area contributed by atoms with Crippen molar-refractivity contribution in [1.29, 1.82) is 0 Å². The van der Waals surface area contributed by atoms with Crippen LogP contribution < -0.4 is 4.74 Å². The van der Waals surface area contributed by atoms with E-state index in [-0.39, 0.29) is 63.4 Å². The molecule has 1 aromatic heterocycles. The Labute approximate surface area is 258 Å². The van der Waals surface area contributed by atoms with Crippen molar-refractivity contribution in [3.05, 3.63) is 131 Å². The molecule has 2 aliphatic heterocycles. The summed E-state index contributed by atoms with van der Waals surface area (Å²) >= 11 is 0. The standard InChI is InChI=1S/C39H35N2O/c1-24-26-12-6-7-13-27(26)33(39(2,3)4)23-31(24)37-38-30(20-21-40(37)5)32-22-25(18-19-36(32)42-38)41-34-16-10-8-14-28(34)29-15-9-11-17-35(29)41/h6-23,30,38H,1-5H3/q+1/i8D,9D,10D,11D,14D,15D,16D,17D. The molecule has 0 N–H and O–H groups in total. The van der Waals surface area contributed by atoms with Crippen LogP contribution in [0.25, 0.3) is 38.3 Å². The van der Waals surface area contributed by atoms with Crippen LogP contribution in [0.4, 0.5) is 0 Å². The van der Waals surface area contributed by atoms with Gasteiger partial charge in [0, 0.05) is 27.6 Å². The lowest BCUT2D eigenvalue weighted by atomic mass is 9.79. The molecule has 3 nitrogen and oxygen atoms in total. The van der Waals surface area contributed by atoms with Gasteiger partial charge >= 0.3 is 0 Å². The second-order valence-corrected chi connectivity index (χ2v) is 12.3. The number of benzene rings is 5. The van der Waals surface area contributed by atoms with Crippen LogP contribution in [0.3, 0.4) is 0 Å². The van der Waals surface area contributed by atoms with Crippen LogP contribution in [0.5, 0.6) is 5.75 Å². The third-order valence-electron chi connectivity index (χ3n) is 8.79. The summed E-state index contributed by atoms with van der Waals surface area (Å²) in [6, 6.07) is 13.2. The van der Waals surface area contributed by atoms with Gasteiger partial charge in [-0.25, -0.2) is 4.58 Å². The molecule has 0 saturated carbocycles. The van der Waals surface area contributed by atoms with Gasteiger partial charge in [0.05, 0.1) is 27.9 Å². The molecule has 2 unspecified atom stereocenters. The number of ether oxygens (including phenoxy) is 1. The SMILES string of the molecule is [2H]c1c([2H])c([2H])c2c(c1[2H])c1c([2H])c([2H])c([2H])c([2H])c1n2-c1ccc2c(c1)C1C=C[N+](C)=C(c3cc(C(C)(C)C)c4ccccc4c3C)C1O2. The van der Waals surface area contributed by atoms with Gasteiger partial charge < -0.3 is 9.30 Å². The fourth-order valence-electron chi connectivity index (χ4n) is 6.78. The Hall–Kier alpha value is -4.63. The minimum absolute atomic E-state index is 0.0591. The molecule has 0 saturated heterocycles. The maximum absolute atomic E-state index is 8.91. The summed E-state index contributed by atoms with van der Waals surface area (Å²) in [6.07, 6.45) is 3.81. The molecular formula is C39H35N2O+. The summed E-state index contributed by atoms with van der Waals surface area (Å²) < 4.78 is 79.5. The summed E-state index contributed by atoms with van der Waals surface area (Å²) in [6.45, 7) is 8.84. The van der Waals surface area contributed by atoms with E-state index in [1.165, 1.54) is 21.9 Å². The molecule has 3 heteroatoms. The summed E-state index contributed by atoms with van der Waals surface area (Å²) in [4.78, 5) is 0.